The largest absolute Gasteiger partial charge is 0.303 e. The molecule has 1 aromatic rings. The zero-order valence-electron chi connectivity index (χ0n) is 15.9. The second-order valence-electron chi connectivity index (χ2n) is 7.72. The van der Waals surface area contributed by atoms with Gasteiger partial charge in [0.1, 0.15) is 0 Å². The fourth-order valence-corrected chi connectivity index (χ4v) is 5.21. The highest BCUT2D eigenvalue weighted by molar-refractivity contribution is 7.89. The number of nitro groups is 1. The SMILES string of the molecule is CCN(CCC1CCN(S(=O)(=O)c2ccc([N+](=O)[O-])cc2)CC1)CC1CC1. The fraction of sp³-hybridized carbons (Fsp3) is 0.684. The Hall–Kier alpha value is -1.51. The monoisotopic (exact) mass is 395 g/mol. The molecule has 27 heavy (non-hydrogen) atoms. The summed E-state index contributed by atoms with van der Waals surface area (Å²) in [6.07, 6.45) is 5.64. The van der Waals surface area contributed by atoms with Crippen LogP contribution in [0.2, 0.25) is 0 Å². The fourth-order valence-electron chi connectivity index (χ4n) is 3.74. The molecule has 2 aliphatic rings. The molecular formula is C19H29N3O4S. The lowest BCUT2D eigenvalue weighted by Gasteiger charge is -2.32. The molecule has 0 unspecified atom stereocenters. The lowest BCUT2D eigenvalue weighted by molar-refractivity contribution is -0.384. The highest BCUT2D eigenvalue weighted by Gasteiger charge is 2.30. The van der Waals surface area contributed by atoms with Crippen molar-refractivity contribution in [2.45, 2.75) is 43.9 Å². The maximum atomic E-state index is 12.8. The first-order chi connectivity index (χ1) is 12.9. The first-order valence-electron chi connectivity index (χ1n) is 9.87. The number of piperidine rings is 1. The summed E-state index contributed by atoms with van der Waals surface area (Å²) in [7, 11) is -3.57. The van der Waals surface area contributed by atoms with Crippen molar-refractivity contribution < 1.29 is 13.3 Å². The molecule has 7 nitrogen and oxygen atoms in total. The zero-order chi connectivity index (χ0) is 19.4. The molecule has 0 bridgehead atoms. The number of sulfonamides is 1. The molecule has 2 fully saturated rings. The van der Waals surface area contributed by atoms with Crippen molar-refractivity contribution in [2.24, 2.45) is 11.8 Å². The molecule has 0 aromatic heterocycles. The van der Waals surface area contributed by atoms with E-state index in [4.69, 9.17) is 0 Å². The second-order valence-corrected chi connectivity index (χ2v) is 9.66. The Morgan fingerprint density at radius 1 is 1.11 bits per heavy atom. The standard InChI is InChI=1S/C19H29N3O4S/c1-2-20(15-17-3-4-17)12-9-16-10-13-21(14-11-16)27(25,26)19-7-5-18(6-8-19)22(23)24/h5-8,16-17H,2-4,9-15H2,1H3. The number of hydrogen-bond acceptors (Lipinski definition) is 5. The predicted octanol–water partition coefficient (Wildman–Crippen LogP) is 3.12. The smallest absolute Gasteiger partial charge is 0.269 e. The van der Waals surface area contributed by atoms with Crippen molar-refractivity contribution in [2.75, 3.05) is 32.7 Å². The number of non-ortho nitro benzene ring substituents is 1. The van der Waals surface area contributed by atoms with Gasteiger partial charge in [0, 0.05) is 31.8 Å². The van der Waals surface area contributed by atoms with Gasteiger partial charge in [-0.2, -0.15) is 4.31 Å². The van der Waals surface area contributed by atoms with Crippen LogP contribution in [0.15, 0.2) is 29.2 Å². The van der Waals surface area contributed by atoms with E-state index in [1.165, 1.54) is 48.0 Å². The Balaban J connectivity index is 1.50. The van der Waals surface area contributed by atoms with Crippen molar-refractivity contribution in [3.8, 4) is 0 Å². The zero-order valence-corrected chi connectivity index (χ0v) is 16.7. The highest BCUT2D eigenvalue weighted by atomic mass is 32.2. The number of nitro benzene ring substituents is 1. The summed E-state index contributed by atoms with van der Waals surface area (Å²) in [6, 6.07) is 5.16. The molecule has 0 atom stereocenters. The topological polar surface area (TPSA) is 83.8 Å². The summed E-state index contributed by atoms with van der Waals surface area (Å²) in [6.45, 7) is 6.67. The van der Waals surface area contributed by atoms with E-state index in [-0.39, 0.29) is 10.6 Å². The minimum absolute atomic E-state index is 0.0978. The summed E-state index contributed by atoms with van der Waals surface area (Å²) in [4.78, 5) is 12.9. The van der Waals surface area contributed by atoms with Crippen molar-refractivity contribution in [3.63, 3.8) is 0 Å². The quantitative estimate of drug-likeness (QED) is 0.474. The van der Waals surface area contributed by atoms with Gasteiger partial charge in [0.05, 0.1) is 9.82 Å². The van der Waals surface area contributed by atoms with E-state index in [9.17, 15) is 18.5 Å². The maximum Gasteiger partial charge on any atom is 0.269 e. The molecule has 1 saturated heterocycles. The van der Waals surface area contributed by atoms with E-state index in [2.05, 4.69) is 11.8 Å². The van der Waals surface area contributed by atoms with Gasteiger partial charge in [-0.1, -0.05) is 6.92 Å². The van der Waals surface area contributed by atoms with E-state index >= 15 is 0 Å². The average Bonchev–Trinajstić information content (AvgIpc) is 3.49. The average molecular weight is 396 g/mol. The van der Waals surface area contributed by atoms with Crippen LogP contribution in [0.25, 0.3) is 0 Å². The number of nitrogens with zero attached hydrogens (tertiary/aromatic N) is 3. The number of benzene rings is 1. The van der Waals surface area contributed by atoms with Crippen LogP contribution >= 0.6 is 0 Å². The van der Waals surface area contributed by atoms with Crippen molar-refractivity contribution >= 4 is 15.7 Å². The molecule has 0 N–H and O–H groups in total. The highest BCUT2D eigenvalue weighted by Crippen LogP contribution is 2.30. The first-order valence-corrected chi connectivity index (χ1v) is 11.3. The molecular weight excluding hydrogens is 366 g/mol. The van der Waals surface area contributed by atoms with E-state index in [1.807, 2.05) is 0 Å². The van der Waals surface area contributed by atoms with Gasteiger partial charge in [-0.25, -0.2) is 8.42 Å². The Morgan fingerprint density at radius 3 is 2.26 bits per heavy atom. The van der Waals surface area contributed by atoms with Crippen LogP contribution in [0.5, 0.6) is 0 Å². The van der Waals surface area contributed by atoms with E-state index in [0.29, 0.717) is 19.0 Å². The third kappa shape index (κ3) is 5.27. The normalized spacial score (nSPS) is 19.5. The molecule has 1 aliphatic heterocycles. The Labute approximate surface area is 161 Å². The van der Waals surface area contributed by atoms with E-state index in [1.54, 1.807) is 0 Å². The molecule has 0 radical (unpaired) electrons. The van der Waals surface area contributed by atoms with Gasteiger partial charge in [0.25, 0.3) is 5.69 Å². The van der Waals surface area contributed by atoms with Gasteiger partial charge >= 0.3 is 0 Å². The summed E-state index contributed by atoms with van der Waals surface area (Å²) in [5.41, 5.74) is -0.0978. The van der Waals surface area contributed by atoms with Gasteiger partial charge in [0.15, 0.2) is 0 Å². The molecule has 1 saturated carbocycles. The van der Waals surface area contributed by atoms with Gasteiger partial charge in [-0.3, -0.25) is 10.1 Å². The molecule has 8 heteroatoms. The lowest BCUT2D eigenvalue weighted by atomic mass is 9.94. The van der Waals surface area contributed by atoms with Gasteiger partial charge in [0.2, 0.25) is 10.0 Å². The maximum absolute atomic E-state index is 12.8. The number of hydrogen-bond donors (Lipinski definition) is 0. The molecule has 0 amide bonds. The van der Waals surface area contributed by atoms with Crippen LogP contribution in [0, 0.1) is 22.0 Å². The minimum Gasteiger partial charge on any atom is -0.303 e. The molecule has 3 rings (SSSR count). The summed E-state index contributed by atoms with van der Waals surface area (Å²) >= 11 is 0. The minimum atomic E-state index is -3.57. The van der Waals surface area contributed by atoms with Crippen molar-refractivity contribution in [3.05, 3.63) is 34.4 Å². The Bertz CT molecular complexity index is 739. The molecule has 150 valence electrons. The number of rotatable bonds is 9. The summed E-state index contributed by atoms with van der Waals surface area (Å²) < 4.78 is 27.0. The van der Waals surface area contributed by atoms with Crippen LogP contribution in [-0.4, -0.2) is 55.3 Å². The van der Waals surface area contributed by atoms with E-state index in [0.717, 1.165) is 38.3 Å². The van der Waals surface area contributed by atoms with E-state index < -0.39 is 14.9 Å². The van der Waals surface area contributed by atoms with Gasteiger partial charge in [-0.15, -0.1) is 0 Å². The van der Waals surface area contributed by atoms with Crippen LogP contribution in [-0.2, 0) is 10.0 Å². The van der Waals surface area contributed by atoms with Crippen LogP contribution in [0.1, 0.15) is 39.0 Å². The molecule has 1 heterocycles. The first kappa shape index (κ1) is 20.2. The van der Waals surface area contributed by atoms with Crippen molar-refractivity contribution in [1.82, 2.24) is 9.21 Å². The van der Waals surface area contributed by atoms with Crippen LogP contribution < -0.4 is 0 Å². The summed E-state index contributed by atoms with van der Waals surface area (Å²) in [5.74, 6) is 1.47. The predicted molar refractivity (Wildman–Crippen MR) is 104 cm³/mol. The second kappa shape index (κ2) is 8.67. The van der Waals surface area contributed by atoms with Gasteiger partial charge in [-0.05, 0) is 69.2 Å². The van der Waals surface area contributed by atoms with Gasteiger partial charge < -0.3 is 4.90 Å². The lowest BCUT2D eigenvalue weighted by Crippen LogP contribution is -2.39. The Morgan fingerprint density at radius 2 is 1.74 bits per heavy atom. The van der Waals surface area contributed by atoms with Crippen LogP contribution in [0.4, 0.5) is 5.69 Å². The molecule has 1 aromatic carbocycles. The summed E-state index contributed by atoms with van der Waals surface area (Å²) in [5, 5.41) is 10.7. The third-order valence-electron chi connectivity index (χ3n) is 5.77. The molecule has 1 aliphatic carbocycles. The Kier molecular flexibility index (Phi) is 6.49. The third-order valence-corrected chi connectivity index (χ3v) is 7.69. The van der Waals surface area contributed by atoms with Crippen molar-refractivity contribution in [1.29, 1.82) is 0 Å². The molecule has 0 spiro atoms. The van der Waals surface area contributed by atoms with Crippen LogP contribution in [0.3, 0.4) is 0 Å².